The Morgan fingerprint density at radius 2 is 1.43 bits per heavy atom. The number of hydrogen-bond acceptors (Lipinski definition) is 3. The third-order valence-corrected chi connectivity index (χ3v) is 4.82. The van der Waals surface area contributed by atoms with Gasteiger partial charge in [-0.2, -0.15) is 0 Å². The van der Waals surface area contributed by atoms with Crippen LogP contribution in [0.4, 0.5) is 5.69 Å². The molecule has 5 nitrogen and oxygen atoms in total. The Labute approximate surface area is 174 Å². The lowest BCUT2D eigenvalue weighted by atomic mass is 10.0. The van der Waals surface area contributed by atoms with E-state index in [1.807, 2.05) is 0 Å². The summed E-state index contributed by atoms with van der Waals surface area (Å²) in [6.07, 6.45) is 0. The summed E-state index contributed by atoms with van der Waals surface area (Å²) in [5.74, 6) is -2.21. The van der Waals surface area contributed by atoms with Crippen LogP contribution in [-0.4, -0.2) is 22.8 Å². The highest BCUT2D eigenvalue weighted by molar-refractivity contribution is 9.10. The van der Waals surface area contributed by atoms with Crippen molar-refractivity contribution in [1.29, 1.82) is 0 Å². The maximum Gasteiger partial charge on any atom is 0.336 e. The van der Waals surface area contributed by atoms with Crippen LogP contribution in [0.1, 0.15) is 36.6 Å². The van der Waals surface area contributed by atoms with Crippen molar-refractivity contribution in [2.24, 2.45) is 0 Å². The molecule has 2 N–H and O–H groups in total. The minimum absolute atomic E-state index is 0.00550. The first-order valence-electron chi connectivity index (χ1n) is 8.11. The molecule has 0 radical (unpaired) electrons. The summed E-state index contributed by atoms with van der Waals surface area (Å²) in [5, 5.41) is 12.2. The highest BCUT2D eigenvalue weighted by atomic mass is 79.9. The smallest absolute Gasteiger partial charge is 0.336 e. The number of amides is 1. The molecule has 0 heterocycles. The first-order chi connectivity index (χ1) is 13.4. The van der Waals surface area contributed by atoms with Crippen molar-refractivity contribution >= 4 is 50.9 Å². The predicted octanol–water partition coefficient (Wildman–Crippen LogP) is 5.28. The van der Waals surface area contributed by atoms with E-state index in [0.29, 0.717) is 15.1 Å². The second-order valence-electron chi connectivity index (χ2n) is 5.80. The van der Waals surface area contributed by atoms with Crippen molar-refractivity contribution in [3.05, 3.63) is 98.5 Å². The summed E-state index contributed by atoms with van der Waals surface area (Å²) in [5.41, 5.74) is 0.635. The molecule has 0 bridgehead atoms. The summed E-state index contributed by atoms with van der Waals surface area (Å²) in [6.45, 7) is 0. The summed E-state index contributed by atoms with van der Waals surface area (Å²) in [4.78, 5) is 37.0. The van der Waals surface area contributed by atoms with Crippen LogP contribution in [0, 0.1) is 0 Å². The normalized spacial score (nSPS) is 10.4. The van der Waals surface area contributed by atoms with Gasteiger partial charge in [0.15, 0.2) is 5.78 Å². The molecule has 0 aromatic heterocycles. The van der Waals surface area contributed by atoms with Gasteiger partial charge in [-0.15, -0.1) is 0 Å². The number of carboxylic acid groups (broad SMARTS) is 1. The third kappa shape index (κ3) is 4.13. The number of nitrogens with one attached hydrogen (secondary N) is 1. The van der Waals surface area contributed by atoms with Gasteiger partial charge >= 0.3 is 5.97 Å². The van der Waals surface area contributed by atoms with Gasteiger partial charge in [-0.05, 0) is 42.5 Å². The molecule has 3 rings (SSSR count). The van der Waals surface area contributed by atoms with Gasteiger partial charge in [-0.3, -0.25) is 9.59 Å². The first kappa shape index (κ1) is 19.8. The fourth-order valence-electron chi connectivity index (χ4n) is 2.66. The molecule has 3 aromatic carbocycles. The van der Waals surface area contributed by atoms with Crippen LogP contribution in [0.15, 0.2) is 71.2 Å². The molecule has 0 saturated carbocycles. The molecular weight excluding hydrogens is 446 g/mol. The second kappa shape index (κ2) is 8.37. The van der Waals surface area contributed by atoms with Crippen molar-refractivity contribution in [1.82, 2.24) is 0 Å². The van der Waals surface area contributed by atoms with E-state index < -0.39 is 11.9 Å². The van der Waals surface area contributed by atoms with Crippen LogP contribution in [0.2, 0.25) is 5.02 Å². The predicted molar refractivity (Wildman–Crippen MR) is 110 cm³/mol. The van der Waals surface area contributed by atoms with Crippen molar-refractivity contribution in [3.63, 3.8) is 0 Å². The molecule has 1 amide bonds. The number of carbonyl (C=O) groups is 3. The van der Waals surface area contributed by atoms with Gasteiger partial charge in [-0.25, -0.2) is 4.79 Å². The van der Waals surface area contributed by atoms with E-state index in [2.05, 4.69) is 21.2 Å². The number of hydrogen-bond donors (Lipinski definition) is 2. The van der Waals surface area contributed by atoms with Crippen LogP contribution in [0.5, 0.6) is 0 Å². The van der Waals surface area contributed by atoms with E-state index in [0.717, 1.165) is 0 Å². The van der Waals surface area contributed by atoms with Crippen molar-refractivity contribution in [2.75, 3.05) is 5.32 Å². The van der Waals surface area contributed by atoms with Gasteiger partial charge in [0.1, 0.15) is 0 Å². The molecule has 0 fully saturated rings. The van der Waals surface area contributed by atoms with Crippen LogP contribution < -0.4 is 5.32 Å². The molecular formula is C21H13BrClNO4. The second-order valence-corrected chi connectivity index (χ2v) is 7.13. The summed E-state index contributed by atoms with van der Waals surface area (Å²) < 4.78 is 0.645. The molecule has 0 spiro atoms. The standard InChI is InChI=1S/C21H13BrClNO4/c22-12-9-10-18(16(11-12)19(25)15-7-3-4-8-17(15)23)24-20(26)13-5-1-2-6-14(13)21(27)28/h1-11H,(H,24,26)(H,27,28). The van der Waals surface area contributed by atoms with Gasteiger partial charge in [0.2, 0.25) is 0 Å². The maximum absolute atomic E-state index is 13.0. The fourth-order valence-corrected chi connectivity index (χ4v) is 3.24. The summed E-state index contributed by atoms with van der Waals surface area (Å²) in [7, 11) is 0. The molecule has 0 saturated heterocycles. The number of anilines is 1. The number of ketones is 1. The monoisotopic (exact) mass is 457 g/mol. The van der Waals surface area contributed by atoms with Crippen molar-refractivity contribution in [2.45, 2.75) is 0 Å². The van der Waals surface area contributed by atoms with E-state index >= 15 is 0 Å². The van der Waals surface area contributed by atoms with E-state index in [-0.39, 0.29) is 28.2 Å². The zero-order valence-electron chi connectivity index (χ0n) is 14.3. The summed E-state index contributed by atoms with van der Waals surface area (Å²) >= 11 is 9.46. The Balaban J connectivity index is 2.00. The summed E-state index contributed by atoms with van der Waals surface area (Å²) in [6, 6.07) is 17.3. The van der Waals surface area contributed by atoms with E-state index in [9.17, 15) is 19.5 Å². The highest BCUT2D eigenvalue weighted by Crippen LogP contribution is 2.27. The van der Waals surface area contributed by atoms with Gasteiger partial charge in [0.05, 0.1) is 21.8 Å². The largest absolute Gasteiger partial charge is 0.478 e. The average molecular weight is 459 g/mol. The highest BCUT2D eigenvalue weighted by Gasteiger charge is 2.20. The number of rotatable bonds is 5. The van der Waals surface area contributed by atoms with Crippen LogP contribution in [-0.2, 0) is 0 Å². The zero-order chi connectivity index (χ0) is 20.3. The Morgan fingerprint density at radius 3 is 2.07 bits per heavy atom. The van der Waals surface area contributed by atoms with Gasteiger partial charge < -0.3 is 10.4 Å². The maximum atomic E-state index is 13.0. The van der Waals surface area contributed by atoms with E-state index in [1.165, 1.54) is 18.2 Å². The Hall–Kier alpha value is -2.96. The van der Waals surface area contributed by atoms with Gasteiger partial charge in [-0.1, -0.05) is 51.8 Å². The Morgan fingerprint density at radius 1 is 0.821 bits per heavy atom. The minimum atomic E-state index is -1.21. The SMILES string of the molecule is O=C(c1ccccc1Cl)c1cc(Br)ccc1NC(=O)c1ccccc1C(=O)O. The molecule has 0 aliphatic rings. The minimum Gasteiger partial charge on any atom is -0.478 e. The van der Waals surface area contributed by atoms with Crippen molar-refractivity contribution < 1.29 is 19.5 Å². The molecule has 0 atom stereocenters. The third-order valence-electron chi connectivity index (χ3n) is 4.00. The number of halogens is 2. The van der Waals surface area contributed by atoms with Crippen LogP contribution in [0.25, 0.3) is 0 Å². The van der Waals surface area contributed by atoms with Gasteiger partial charge in [0.25, 0.3) is 5.91 Å². The number of benzene rings is 3. The molecule has 7 heteroatoms. The molecule has 0 aliphatic carbocycles. The number of aromatic carboxylic acids is 1. The lowest BCUT2D eigenvalue weighted by molar-refractivity contribution is 0.0692. The van der Waals surface area contributed by atoms with Crippen LogP contribution in [0.3, 0.4) is 0 Å². The zero-order valence-corrected chi connectivity index (χ0v) is 16.6. The lowest BCUT2D eigenvalue weighted by Gasteiger charge is -2.13. The fraction of sp³-hybridized carbons (Fsp3) is 0. The molecule has 0 aliphatic heterocycles. The number of carbonyl (C=O) groups excluding carboxylic acids is 2. The Bertz CT molecular complexity index is 1100. The molecule has 0 unspecified atom stereocenters. The molecule has 140 valence electrons. The quantitative estimate of drug-likeness (QED) is 0.509. The molecule has 28 heavy (non-hydrogen) atoms. The topological polar surface area (TPSA) is 83.5 Å². The average Bonchev–Trinajstić information content (AvgIpc) is 2.69. The lowest BCUT2D eigenvalue weighted by Crippen LogP contribution is -2.18. The van der Waals surface area contributed by atoms with E-state index in [1.54, 1.807) is 48.5 Å². The van der Waals surface area contributed by atoms with Crippen LogP contribution >= 0.6 is 27.5 Å². The number of carboxylic acids is 1. The molecule has 3 aromatic rings. The first-order valence-corrected chi connectivity index (χ1v) is 9.28. The van der Waals surface area contributed by atoms with Gasteiger partial charge in [0, 0.05) is 15.6 Å². The van der Waals surface area contributed by atoms with E-state index in [4.69, 9.17) is 11.6 Å². The Kier molecular flexibility index (Phi) is 5.92. The van der Waals surface area contributed by atoms with Crippen molar-refractivity contribution in [3.8, 4) is 0 Å².